The fourth-order valence-electron chi connectivity index (χ4n) is 4.49. The zero-order chi connectivity index (χ0) is 21.1. The van der Waals surface area contributed by atoms with Gasteiger partial charge >= 0.3 is 0 Å². The lowest BCUT2D eigenvalue weighted by Crippen LogP contribution is -2.53. The maximum absolute atomic E-state index is 12.9. The van der Waals surface area contributed by atoms with Crippen molar-refractivity contribution in [1.29, 1.82) is 0 Å². The first-order valence-corrected chi connectivity index (χ1v) is 10.8. The average molecular weight is 381 g/mol. The molecule has 2 amide bonds. The largest absolute Gasteiger partial charge is 0.355 e. The Morgan fingerprint density at radius 1 is 0.926 bits per heavy atom. The molecule has 0 spiro atoms. The van der Waals surface area contributed by atoms with E-state index < -0.39 is 0 Å². The average Bonchev–Trinajstić information content (AvgIpc) is 2.56. The number of rotatable bonds is 8. The molecule has 4 heteroatoms. The number of carbonyl (C=O) groups is 2. The molecular formula is C23H44N2O2. The normalized spacial score (nSPS) is 25.7. The van der Waals surface area contributed by atoms with E-state index in [4.69, 9.17) is 0 Å². The first-order valence-electron chi connectivity index (χ1n) is 10.8. The Labute approximate surface area is 167 Å². The van der Waals surface area contributed by atoms with Gasteiger partial charge in [0.05, 0.1) is 0 Å². The van der Waals surface area contributed by atoms with Crippen LogP contribution in [0.3, 0.4) is 0 Å². The van der Waals surface area contributed by atoms with Crippen LogP contribution in [0.25, 0.3) is 0 Å². The first-order chi connectivity index (χ1) is 12.2. The van der Waals surface area contributed by atoms with E-state index in [1.54, 1.807) is 0 Å². The van der Waals surface area contributed by atoms with Gasteiger partial charge < -0.3 is 10.6 Å². The van der Waals surface area contributed by atoms with Crippen LogP contribution in [0.2, 0.25) is 0 Å². The summed E-state index contributed by atoms with van der Waals surface area (Å²) in [6.45, 7) is 19.8. The minimum atomic E-state index is -0.335. The van der Waals surface area contributed by atoms with Gasteiger partial charge in [0.2, 0.25) is 11.8 Å². The van der Waals surface area contributed by atoms with Gasteiger partial charge in [-0.15, -0.1) is 0 Å². The second-order valence-electron chi connectivity index (χ2n) is 10.9. The second-order valence-corrected chi connectivity index (χ2v) is 10.9. The Morgan fingerprint density at radius 2 is 1.48 bits per heavy atom. The van der Waals surface area contributed by atoms with E-state index in [-0.39, 0.29) is 39.5 Å². The van der Waals surface area contributed by atoms with Crippen LogP contribution in [0.4, 0.5) is 0 Å². The molecule has 0 radical (unpaired) electrons. The van der Waals surface area contributed by atoms with Crippen LogP contribution < -0.4 is 10.6 Å². The molecule has 2 atom stereocenters. The molecule has 1 fully saturated rings. The van der Waals surface area contributed by atoms with E-state index in [0.29, 0.717) is 6.54 Å². The lowest BCUT2D eigenvalue weighted by Gasteiger charge is -2.47. The van der Waals surface area contributed by atoms with Gasteiger partial charge in [0, 0.05) is 23.4 Å². The molecule has 2 unspecified atom stereocenters. The molecular weight excluding hydrogens is 336 g/mol. The topological polar surface area (TPSA) is 58.2 Å². The van der Waals surface area contributed by atoms with Crippen molar-refractivity contribution in [3.63, 3.8) is 0 Å². The quantitative estimate of drug-likeness (QED) is 0.618. The van der Waals surface area contributed by atoms with Crippen molar-refractivity contribution in [2.75, 3.05) is 6.54 Å². The number of nitrogens with one attached hydrogen (secondary N) is 2. The molecule has 27 heavy (non-hydrogen) atoms. The smallest absolute Gasteiger partial charge is 0.226 e. The number of hydrogen-bond acceptors (Lipinski definition) is 2. The van der Waals surface area contributed by atoms with E-state index in [1.165, 1.54) is 0 Å². The Bertz CT molecular complexity index is 534. The lowest BCUT2D eigenvalue weighted by molar-refractivity contribution is -0.133. The summed E-state index contributed by atoms with van der Waals surface area (Å²) in [6, 6.07) is 0.166. The second kappa shape index (κ2) is 8.53. The van der Waals surface area contributed by atoms with Gasteiger partial charge in [0.15, 0.2) is 0 Å². The first kappa shape index (κ1) is 24.0. The molecule has 0 aromatic heterocycles. The van der Waals surface area contributed by atoms with Gasteiger partial charge in [0.1, 0.15) is 0 Å². The Balaban J connectivity index is 2.85. The van der Waals surface area contributed by atoms with Gasteiger partial charge in [-0.3, -0.25) is 9.59 Å². The Hall–Kier alpha value is -1.06. The van der Waals surface area contributed by atoms with Crippen molar-refractivity contribution in [2.45, 2.75) is 107 Å². The number of carbonyl (C=O) groups excluding carboxylic acids is 2. The van der Waals surface area contributed by atoms with Crippen LogP contribution in [-0.4, -0.2) is 24.4 Å². The van der Waals surface area contributed by atoms with Gasteiger partial charge in [-0.1, -0.05) is 62.3 Å². The molecule has 1 saturated carbocycles. The van der Waals surface area contributed by atoms with Crippen molar-refractivity contribution < 1.29 is 9.59 Å². The van der Waals surface area contributed by atoms with E-state index >= 15 is 0 Å². The van der Waals surface area contributed by atoms with Crippen LogP contribution >= 0.6 is 0 Å². The van der Waals surface area contributed by atoms with Gasteiger partial charge in [0.25, 0.3) is 0 Å². The summed E-state index contributed by atoms with van der Waals surface area (Å²) in [7, 11) is 0. The summed E-state index contributed by atoms with van der Waals surface area (Å²) in [6.07, 6.45) is 5.49. The molecule has 0 aromatic carbocycles. The van der Waals surface area contributed by atoms with Crippen LogP contribution in [0, 0.1) is 21.7 Å². The molecule has 0 bridgehead atoms. The zero-order valence-electron chi connectivity index (χ0n) is 19.3. The number of hydrogen-bond donors (Lipinski definition) is 2. The van der Waals surface area contributed by atoms with Crippen LogP contribution in [-0.2, 0) is 9.59 Å². The zero-order valence-corrected chi connectivity index (χ0v) is 19.3. The van der Waals surface area contributed by atoms with Crippen molar-refractivity contribution in [3.05, 3.63) is 0 Å². The highest BCUT2D eigenvalue weighted by Crippen LogP contribution is 2.46. The highest BCUT2D eigenvalue weighted by Gasteiger charge is 2.43. The Morgan fingerprint density at radius 3 is 1.96 bits per heavy atom. The monoisotopic (exact) mass is 380 g/mol. The maximum atomic E-state index is 12.9. The standard InChI is InChI=1S/C23H44N2O2/c1-10-21(6,7)18(26)24-16-22(8)14-17(13-20(4,5)15-22)25-19(27)23(9,11-2)12-3/h17H,10-16H2,1-9H3,(H,24,26)(H,25,27). The van der Waals surface area contributed by atoms with Gasteiger partial charge in [-0.05, 0) is 49.4 Å². The highest BCUT2D eigenvalue weighted by molar-refractivity contribution is 5.82. The summed E-state index contributed by atoms with van der Waals surface area (Å²) in [5.41, 5.74) is -0.492. The molecule has 4 nitrogen and oxygen atoms in total. The molecule has 158 valence electrons. The molecule has 0 aromatic rings. The van der Waals surface area contributed by atoms with Gasteiger partial charge in [-0.2, -0.15) is 0 Å². The van der Waals surface area contributed by atoms with E-state index in [0.717, 1.165) is 38.5 Å². The number of amides is 2. The van der Waals surface area contributed by atoms with Crippen molar-refractivity contribution >= 4 is 11.8 Å². The summed E-state index contributed by atoms with van der Waals surface area (Å²) >= 11 is 0. The molecule has 1 rings (SSSR count). The summed E-state index contributed by atoms with van der Waals surface area (Å²) < 4.78 is 0. The SMILES string of the molecule is CCC(C)(C)C(=O)NCC1(C)CC(NC(=O)C(C)(CC)CC)CC(C)(C)C1. The fraction of sp³-hybridized carbons (Fsp3) is 0.913. The van der Waals surface area contributed by atoms with Crippen molar-refractivity contribution in [1.82, 2.24) is 10.6 Å². The van der Waals surface area contributed by atoms with Crippen molar-refractivity contribution in [3.8, 4) is 0 Å². The molecule has 0 aliphatic heterocycles. The third-order valence-electron chi connectivity index (χ3n) is 7.06. The minimum Gasteiger partial charge on any atom is -0.355 e. The van der Waals surface area contributed by atoms with E-state index in [2.05, 4.69) is 59.1 Å². The van der Waals surface area contributed by atoms with Gasteiger partial charge in [-0.25, -0.2) is 0 Å². The van der Waals surface area contributed by atoms with E-state index in [1.807, 2.05) is 13.8 Å². The summed E-state index contributed by atoms with van der Waals surface area (Å²) in [5, 5.41) is 6.55. The summed E-state index contributed by atoms with van der Waals surface area (Å²) in [5.74, 6) is 0.299. The Kier molecular flexibility index (Phi) is 7.57. The maximum Gasteiger partial charge on any atom is 0.226 e. The highest BCUT2D eigenvalue weighted by atomic mass is 16.2. The third-order valence-corrected chi connectivity index (χ3v) is 7.06. The predicted octanol–water partition coefficient (Wildman–Crippen LogP) is 5.07. The van der Waals surface area contributed by atoms with Crippen LogP contribution in [0.15, 0.2) is 0 Å². The molecule has 1 aliphatic rings. The lowest BCUT2D eigenvalue weighted by atomic mass is 9.62. The molecule has 0 saturated heterocycles. The predicted molar refractivity (Wildman–Crippen MR) is 113 cm³/mol. The minimum absolute atomic E-state index is 0.00594. The fourth-order valence-corrected chi connectivity index (χ4v) is 4.49. The molecule has 1 aliphatic carbocycles. The van der Waals surface area contributed by atoms with Crippen LogP contribution in [0.1, 0.15) is 101 Å². The van der Waals surface area contributed by atoms with Crippen LogP contribution in [0.5, 0.6) is 0 Å². The molecule has 0 heterocycles. The molecule has 2 N–H and O–H groups in total. The summed E-state index contributed by atoms with van der Waals surface area (Å²) in [4.78, 5) is 25.4. The van der Waals surface area contributed by atoms with E-state index in [9.17, 15) is 9.59 Å². The van der Waals surface area contributed by atoms with Crippen molar-refractivity contribution in [2.24, 2.45) is 21.7 Å². The third kappa shape index (κ3) is 6.22.